The maximum Gasteiger partial charge on any atom is 0.252 e. The van der Waals surface area contributed by atoms with Crippen molar-refractivity contribution in [2.75, 3.05) is 5.32 Å². The first-order chi connectivity index (χ1) is 12.8. The highest BCUT2D eigenvalue weighted by atomic mass is 35.5. The largest absolute Gasteiger partial charge is 0.310 e. The number of anilines is 1. The van der Waals surface area contributed by atoms with Gasteiger partial charge in [0.1, 0.15) is 11.6 Å². The number of carbonyl (C=O) groups is 1. The van der Waals surface area contributed by atoms with Crippen LogP contribution in [0, 0.1) is 26.6 Å². The standard InChI is InChI=1S/C19H17ClFN5O/c1-9-7-10(2)23-19(22-9)26-18-16(11(3)25-26)12(8-15(27)24-18)17-13(20)5-4-6-14(17)21/h4-7,12H,8H2,1-3H3,(H,24,27)/t12-/m1/s1. The van der Waals surface area contributed by atoms with Crippen molar-refractivity contribution in [3.63, 3.8) is 0 Å². The number of benzene rings is 1. The van der Waals surface area contributed by atoms with Gasteiger partial charge < -0.3 is 5.32 Å². The molecule has 1 atom stereocenters. The van der Waals surface area contributed by atoms with Gasteiger partial charge >= 0.3 is 0 Å². The van der Waals surface area contributed by atoms with E-state index in [4.69, 9.17) is 11.6 Å². The minimum atomic E-state index is -0.526. The molecule has 1 aromatic carbocycles. The molecule has 0 saturated carbocycles. The molecule has 0 saturated heterocycles. The number of aromatic nitrogens is 4. The van der Waals surface area contributed by atoms with E-state index in [9.17, 15) is 9.18 Å². The molecule has 1 N–H and O–H groups in total. The summed E-state index contributed by atoms with van der Waals surface area (Å²) in [5, 5.41) is 7.65. The first kappa shape index (κ1) is 17.6. The normalized spacial score (nSPS) is 16.2. The van der Waals surface area contributed by atoms with Gasteiger partial charge in [-0.2, -0.15) is 9.78 Å². The summed E-state index contributed by atoms with van der Waals surface area (Å²) < 4.78 is 16.1. The predicted octanol–water partition coefficient (Wildman–Crippen LogP) is 3.85. The Labute approximate surface area is 160 Å². The molecular weight excluding hydrogens is 369 g/mol. The minimum absolute atomic E-state index is 0.0912. The van der Waals surface area contributed by atoms with Gasteiger partial charge in [0.15, 0.2) is 0 Å². The lowest BCUT2D eigenvalue weighted by molar-refractivity contribution is -0.116. The Morgan fingerprint density at radius 2 is 1.89 bits per heavy atom. The number of fused-ring (bicyclic) bond motifs is 1. The van der Waals surface area contributed by atoms with Crippen molar-refractivity contribution in [2.24, 2.45) is 0 Å². The molecule has 0 unspecified atom stereocenters. The van der Waals surface area contributed by atoms with Crippen LogP contribution in [0.1, 0.15) is 40.5 Å². The maximum atomic E-state index is 14.6. The maximum absolute atomic E-state index is 14.6. The molecule has 0 fully saturated rings. The Morgan fingerprint density at radius 3 is 2.56 bits per heavy atom. The fourth-order valence-electron chi connectivity index (χ4n) is 3.58. The van der Waals surface area contributed by atoms with Gasteiger partial charge in [-0.1, -0.05) is 17.7 Å². The highest BCUT2D eigenvalue weighted by molar-refractivity contribution is 6.31. The zero-order valence-electron chi connectivity index (χ0n) is 15.0. The molecule has 2 aromatic heterocycles. The summed E-state index contributed by atoms with van der Waals surface area (Å²) in [6, 6.07) is 6.37. The van der Waals surface area contributed by atoms with Crippen LogP contribution in [0.3, 0.4) is 0 Å². The molecule has 0 bridgehead atoms. The minimum Gasteiger partial charge on any atom is -0.310 e. The summed E-state index contributed by atoms with van der Waals surface area (Å²) in [7, 11) is 0. The third-order valence-corrected chi connectivity index (χ3v) is 4.94. The average Bonchev–Trinajstić information content (AvgIpc) is 2.90. The number of carbonyl (C=O) groups excluding carboxylic acids is 1. The fourth-order valence-corrected chi connectivity index (χ4v) is 3.88. The molecule has 27 heavy (non-hydrogen) atoms. The van der Waals surface area contributed by atoms with Gasteiger partial charge in [0.05, 0.1) is 5.69 Å². The molecular formula is C19H17ClFN5O. The van der Waals surface area contributed by atoms with Crippen molar-refractivity contribution in [1.82, 2.24) is 19.7 Å². The van der Waals surface area contributed by atoms with E-state index < -0.39 is 11.7 Å². The number of nitrogens with zero attached hydrogens (tertiary/aromatic N) is 4. The third-order valence-electron chi connectivity index (χ3n) is 4.61. The number of hydrogen-bond donors (Lipinski definition) is 1. The van der Waals surface area contributed by atoms with Crippen molar-refractivity contribution in [3.8, 4) is 5.95 Å². The SMILES string of the molecule is Cc1cc(C)nc(-n2nc(C)c3c2NC(=O)C[C@H]3c2c(F)cccc2Cl)n1. The topological polar surface area (TPSA) is 72.7 Å². The summed E-state index contributed by atoms with van der Waals surface area (Å²) in [4.78, 5) is 21.2. The van der Waals surface area contributed by atoms with Gasteiger partial charge in [0, 0.05) is 39.9 Å². The number of aryl methyl sites for hydroxylation is 3. The average molecular weight is 386 g/mol. The van der Waals surface area contributed by atoms with Crippen molar-refractivity contribution < 1.29 is 9.18 Å². The van der Waals surface area contributed by atoms with Crippen LogP contribution in [0.2, 0.25) is 5.02 Å². The molecule has 1 aliphatic heterocycles. The number of hydrogen-bond acceptors (Lipinski definition) is 4. The fraction of sp³-hybridized carbons (Fsp3) is 0.263. The Morgan fingerprint density at radius 1 is 1.19 bits per heavy atom. The summed E-state index contributed by atoms with van der Waals surface area (Å²) >= 11 is 6.27. The Kier molecular flexibility index (Phi) is 4.19. The first-order valence-corrected chi connectivity index (χ1v) is 8.89. The molecule has 4 rings (SSSR count). The van der Waals surface area contributed by atoms with E-state index in [2.05, 4.69) is 20.4 Å². The lowest BCUT2D eigenvalue weighted by Crippen LogP contribution is -2.26. The van der Waals surface area contributed by atoms with E-state index in [-0.39, 0.29) is 17.4 Å². The lowest BCUT2D eigenvalue weighted by atomic mass is 9.85. The Balaban J connectivity index is 1.94. The van der Waals surface area contributed by atoms with E-state index in [0.29, 0.717) is 23.0 Å². The predicted molar refractivity (Wildman–Crippen MR) is 99.9 cm³/mol. The van der Waals surface area contributed by atoms with E-state index in [1.54, 1.807) is 12.1 Å². The van der Waals surface area contributed by atoms with Crippen LogP contribution in [-0.2, 0) is 4.79 Å². The van der Waals surface area contributed by atoms with E-state index in [1.807, 2.05) is 26.8 Å². The Bertz CT molecular complexity index is 1040. The molecule has 6 nitrogen and oxygen atoms in total. The monoisotopic (exact) mass is 385 g/mol. The number of amides is 1. The summed E-state index contributed by atoms with van der Waals surface area (Å²) in [6.07, 6.45) is 0.0912. The molecule has 8 heteroatoms. The highest BCUT2D eigenvalue weighted by Crippen LogP contribution is 2.43. The van der Waals surface area contributed by atoms with Crippen LogP contribution in [0.15, 0.2) is 24.3 Å². The van der Waals surface area contributed by atoms with E-state index in [0.717, 1.165) is 17.0 Å². The van der Waals surface area contributed by atoms with Crippen molar-refractivity contribution in [3.05, 3.63) is 63.3 Å². The van der Waals surface area contributed by atoms with Gasteiger partial charge in [-0.15, -0.1) is 0 Å². The summed E-state index contributed by atoms with van der Waals surface area (Å²) in [5.74, 6) is -0.391. The van der Waals surface area contributed by atoms with Crippen LogP contribution < -0.4 is 5.32 Å². The summed E-state index contributed by atoms with van der Waals surface area (Å²) in [5.41, 5.74) is 3.27. The molecule has 3 aromatic rings. The molecule has 0 spiro atoms. The van der Waals surface area contributed by atoms with Gasteiger partial charge in [-0.3, -0.25) is 4.79 Å². The zero-order valence-corrected chi connectivity index (χ0v) is 15.8. The molecule has 0 aliphatic carbocycles. The third kappa shape index (κ3) is 2.98. The van der Waals surface area contributed by atoms with Crippen molar-refractivity contribution in [2.45, 2.75) is 33.1 Å². The first-order valence-electron chi connectivity index (χ1n) is 8.51. The van der Waals surface area contributed by atoms with Crippen LogP contribution >= 0.6 is 11.6 Å². The summed E-state index contributed by atoms with van der Waals surface area (Å²) in [6.45, 7) is 5.54. The van der Waals surface area contributed by atoms with Crippen LogP contribution in [0.25, 0.3) is 5.95 Å². The van der Waals surface area contributed by atoms with Crippen LogP contribution in [-0.4, -0.2) is 25.7 Å². The van der Waals surface area contributed by atoms with Crippen molar-refractivity contribution >= 4 is 23.3 Å². The van der Waals surface area contributed by atoms with Gasteiger partial charge in [-0.05, 0) is 39.0 Å². The molecule has 1 aliphatic rings. The van der Waals surface area contributed by atoms with Crippen LogP contribution in [0.4, 0.5) is 10.2 Å². The van der Waals surface area contributed by atoms with E-state index >= 15 is 0 Å². The molecule has 1 amide bonds. The number of halogens is 2. The second-order valence-electron chi connectivity index (χ2n) is 6.65. The smallest absolute Gasteiger partial charge is 0.252 e. The highest BCUT2D eigenvalue weighted by Gasteiger charge is 2.35. The Hall–Kier alpha value is -2.80. The van der Waals surface area contributed by atoms with Gasteiger partial charge in [0.25, 0.3) is 5.95 Å². The lowest BCUT2D eigenvalue weighted by Gasteiger charge is -2.25. The number of nitrogens with one attached hydrogen (secondary N) is 1. The molecule has 3 heterocycles. The van der Waals surface area contributed by atoms with Crippen LogP contribution in [0.5, 0.6) is 0 Å². The molecule has 138 valence electrons. The van der Waals surface area contributed by atoms with E-state index in [1.165, 1.54) is 10.7 Å². The van der Waals surface area contributed by atoms with Crippen molar-refractivity contribution in [1.29, 1.82) is 0 Å². The van der Waals surface area contributed by atoms with Gasteiger partial charge in [0.2, 0.25) is 5.91 Å². The van der Waals surface area contributed by atoms with Gasteiger partial charge in [-0.25, -0.2) is 14.4 Å². The quantitative estimate of drug-likeness (QED) is 0.727. The second kappa shape index (κ2) is 6.42. The number of rotatable bonds is 2. The molecule has 0 radical (unpaired) electrons. The zero-order chi connectivity index (χ0) is 19.3. The second-order valence-corrected chi connectivity index (χ2v) is 7.06.